The lowest BCUT2D eigenvalue weighted by molar-refractivity contribution is 0.0526. The van der Waals surface area contributed by atoms with Crippen LogP contribution < -0.4 is 0 Å². The number of rotatable bonds is 8. The van der Waals surface area contributed by atoms with E-state index in [4.69, 9.17) is 16.3 Å². The first-order valence-corrected chi connectivity index (χ1v) is 12.0. The molecule has 0 N–H and O–H groups in total. The topological polar surface area (TPSA) is 49.0 Å². The van der Waals surface area contributed by atoms with Gasteiger partial charge in [0, 0.05) is 38.6 Å². The maximum Gasteiger partial charge on any atom is 0.338 e. The first-order chi connectivity index (χ1) is 15.5. The van der Waals surface area contributed by atoms with Gasteiger partial charge in [-0.3, -0.25) is 4.68 Å². The highest BCUT2D eigenvalue weighted by atomic mass is 35.5. The molecule has 0 fully saturated rings. The Morgan fingerprint density at radius 3 is 2.81 bits per heavy atom. The molecule has 2 aromatic heterocycles. The molecule has 0 aliphatic carbocycles. The van der Waals surface area contributed by atoms with Crippen molar-refractivity contribution in [1.29, 1.82) is 0 Å². The first-order valence-electron chi connectivity index (χ1n) is 10.8. The summed E-state index contributed by atoms with van der Waals surface area (Å²) in [5.74, 6) is -0.305. The molecule has 166 valence electrons. The number of carbonyl (C=O) groups is 1. The Kier molecular flexibility index (Phi) is 6.92. The van der Waals surface area contributed by atoms with E-state index in [0.717, 1.165) is 51.5 Å². The van der Waals surface area contributed by atoms with Crippen LogP contribution in [0.4, 0.5) is 0 Å². The van der Waals surface area contributed by atoms with Gasteiger partial charge in [-0.1, -0.05) is 48.8 Å². The molecule has 0 atom stereocenters. The molecular formula is C25H26ClN3O2S. The highest BCUT2D eigenvalue weighted by Gasteiger charge is 2.18. The van der Waals surface area contributed by atoms with Crippen LogP contribution in [0.25, 0.3) is 16.6 Å². The molecule has 0 bridgehead atoms. The van der Waals surface area contributed by atoms with Gasteiger partial charge in [0.1, 0.15) is 0 Å². The number of carbonyl (C=O) groups excluding carboxylic acids is 1. The van der Waals surface area contributed by atoms with Gasteiger partial charge in [-0.15, -0.1) is 0 Å². The van der Waals surface area contributed by atoms with E-state index in [1.54, 1.807) is 17.8 Å². The molecule has 0 spiro atoms. The van der Waals surface area contributed by atoms with E-state index in [9.17, 15) is 4.79 Å². The molecule has 0 saturated heterocycles. The van der Waals surface area contributed by atoms with Crippen LogP contribution >= 0.6 is 23.4 Å². The molecule has 0 aliphatic heterocycles. The molecule has 0 aliphatic rings. The van der Waals surface area contributed by atoms with Gasteiger partial charge in [0.05, 0.1) is 29.6 Å². The minimum Gasteiger partial charge on any atom is -0.462 e. The average Bonchev–Trinajstić information content (AvgIpc) is 3.35. The second-order valence-corrected chi connectivity index (χ2v) is 9.10. The number of benzene rings is 2. The van der Waals surface area contributed by atoms with Gasteiger partial charge in [-0.05, 0) is 50.6 Å². The summed E-state index contributed by atoms with van der Waals surface area (Å²) in [5, 5.41) is 6.35. The van der Waals surface area contributed by atoms with Gasteiger partial charge in [0.25, 0.3) is 0 Å². The number of hydrogen-bond donors (Lipinski definition) is 0. The summed E-state index contributed by atoms with van der Waals surface area (Å²) in [5.41, 5.74) is 3.70. The summed E-state index contributed by atoms with van der Waals surface area (Å²) in [6.45, 7) is 7.35. The molecule has 0 saturated carbocycles. The highest BCUT2D eigenvalue weighted by molar-refractivity contribution is 7.99. The van der Waals surface area contributed by atoms with E-state index in [2.05, 4.69) is 35.8 Å². The second kappa shape index (κ2) is 9.84. The van der Waals surface area contributed by atoms with Crippen molar-refractivity contribution >= 4 is 40.2 Å². The van der Waals surface area contributed by atoms with Crippen molar-refractivity contribution in [2.75, 3.05) is 6.61 Å². The van der Waals surface area contributed by atoms with E-state index in [-0.39, 0.29) is 5.97 Å². The van der Waals surface area contributed by atoms with Gasteiger partial charge in [0.15, 0.2) is 0 Å². The van der Waals surface area contributed by atoms with Crippen molar-refractivity contribution in [2.24, 2.45) is 0 Å². The van der Waals surface area contributed by atoms with Crippen molar-refractivity contribution in [3.63, 3.8) is 0 Å². The molecule has 0 radical (unpaired) electrons. The number of unbranched alkanes of at least 4 members (excludes halogenated alkanes) is 1. The second-order valence-electron chi connectivity index (χ2n) is 7.58. The van der Waals surface area contributed by atoms with E-state index in [1.807, 2.05) is 48.1 Å². The fourth-order valence-corrected chi connectivity index (χ4v) is 5.01. The number of halogens is 1. The standard InChI is InChI=1S/C25H26ClN3O2S/c1-4-6-12-28-16-20(15-27-28)29-17(3)24(22-11-10-19(26)14-23(22)29)32-21-9-7-8-18(13-21)25(30)31-5-2/h7-11,13-16H,4-6,12H2,1-3H3. The lowest BCUT2D eigenvalue weighted by Crippen LogP contribution is -2.04. The van der Waals surface area contributed by atoms with Crippen molar-refractivity contribution in [3.05, 3.63) is 71.1 Å². The summed E-state index contributed by atoms with van der Waals surface area (Å²) >= 11 is 8.00. The molecule has 4 rings (SSSR count). The normalized spacial score (nSPS) is 11.2. The predicted molar refractivity (Wildman–Crippen MR) is 130 cm³/mol. The molecule has 0 amide bonds. The van der Waals surface area contributed by atoms with E-state index in [1.165, 1.54) is 0 Å². The number of fused-ring (bicyclic) bond motifs is 1. The van der Waals surface area contributed by atoms with Gasteiger partial charge < -0.3 is 9.30 Å². The first kappa shape index (κ1) is 22.5. The van der Waals surface area contributed by atoms with Crippen molar-refractivity contribution in [2.45, 2.75) is 49.9 Å². The molecule has 2 aromatic carbocycles. The van der Waals surface area contributed by atoms with Gasteiger partial charge in [0.2, 0.25) is 0 Å². The Hall–Kier alpha value is -2.70. The average molecular weight is 468 g/mol. The largest absolute Gasteiger partial charge is 0.462 e. The summed E-state index contributed by atoms with van der Waals surface area (Å²) in [6.07, 6.45) is 6.20. The van der Waals surface area contributed by atoms with Crippen molar-refractivity contribution in [3.8, 4) is 5.69 Å². The minimum absolute atomic E-state index is 0.305. The quantitative estimate of drug-likeness (QED) is 0.264. The Bertz CT molecular complexity index is 1260. The summed E-state index contributed by atoms with van der Waals surface area (Å²) in [4.78, 5) is 14.3. The van der Waals surface area contributed by atoms with Gasteiger partial charge in [-0.25, -0.2) is 4.79 Å². The Balaban J connectivity index is 1.76. The molecular weight excluding hydrogens is 442 g/mol. The lowest BCUT2D eigenvalue weighted by Gasteiger charge is -2.07. The fourth-order valence-electron chi connectivity index (χ4n) is 3.75. The number of ether oxygens (including phenoxy) is 1. The Morgan fingerprint density at radius 2 is 2.03 bits per heavy atom. The van der Waals surface area contributed by atoms with Crippen LogP contribution in [0.3, 0.4) is 0 Å². The summed E-state index contributed by atoms with van der Waals surface area (Å²) < 4.78 is 9.35. The third-order valence-electron chi connectivity index (χ3n) is 5.29. The van der Waals surface area contributed by atoms with Gasteiger partial charge in [-0.2, -0.15) is 5.10 Å². The molecule has 32 heavy (non-hydrogen) atoms. The van der Waals surface area contributed by atoms with Crippen LogP contribution in [0.5, 0.6) is 0 Å². The minimum atomic E-state index is -0.305. The molecule has 4 aromatic rings. The van der Waals surface area contributed by atoms with E-state index in [0.29, 0.717) is 17.2 Å². The van der Waals surface area contributed by atoms with Crippen LogP contribution in [0, 0.1) is 6.92 Å². The number of hydrogen-bond acceptors (Lipinski definition) is 4. The van der Waals surface area contributed by atoms with Gasteiger partial charge >= 0.3 is 5.97 Å². The number of aryl methyl sites for hydroxylation is 1. The highest BCUT2D eigenvalue weighted by Crippen LogP contribution is 2.40. The van der Waals surface area contributed by atoms with E-state index < -0.39 is 0 Å². The maximum absolute atomic E-state index is 12.2. The Morgan fingerprint density at radius 1 is 1.19 bits per heavy atom. The lowest BCUT2D eigenvalue weighted by atomic mass is 10.2. The van der Waals surface area contributed by atoms with Crippen LogP contribution in [0.2, 0.25) is 5.02 Å². The van der Waals surface area contributed by atoms with E-state index >= 15 is 0 Å². The maximum atomic E-state index is 12.2. The van der Waals surface area contributed by atoms with Crippen molar-refractivity contribution in [1.82, 2.24) is 14.3 Å². The molecule has 2 heterocycles. The van der Waals surface area contributed by atoms with Crippen LogP contribution in [-0.2, 0) is 11.3 Å². The van der Waals surface area contributed by atoms with Crippen LogP contribution in [0.15, 0.2) is 64.6 Å². The molecule has 5 nitrogen and oxygen atoms in total. The number of aromatic nitrogens is 3. The zero-order valence-electron chi connectivity index (χ0n) is 18.5. The van der Waals surface area contributed by atoms with Crippen LogP contribution in [0.1, 0.15) is 42.7 Å². The SMILES string of the molecule is CCCCn1cc(-n2c(C)c(Sc3cccc(C(=O)OCC)c3)c3ccc(Cl)cc32)cn1. The number of nitrogens with zero attached hydrogens (tertiary/aromatic N) is 3. The fraction of sp³-hybridized carbons (Fsp3) is 0.280. The molecule has 7 heteroatoms. The third kappa shape index (κ3) is 4.57. The summed E-state index contributed by atoms with van der Waals surface area (Å²) in [6, 6.07) is 13.5. The molecule has 0 unspecified atom stereocenters. The zero-order valence-corrected chi connectivity index (χ0v) is 20.0. The Labute approximate surface area is 197 Å². The zero-order chi connectivity index (χ0) is 22.7. The van der Waals surface area contributed by atoms with Crippen molar-refractivity contribution < 1.29 is 9.53 Å². The van der Waals surface area contributed by atoms with Crippen LogP contribution in [-0.4, -0.2) is 26.9 Å². The third-order valence-corrected chi connectivity index (χ3v) is 6.74. The predicted octanol–water partition coefficient (Wildman–Crippen LogP) is 6.92. The monoisotopic (exact) mass is 467 g/mol. The summed E-state index contributed by atoms with van der Waals surface area (Å²) in [7, 11) is 0. The smallest absolute Gasteiger partial charge is 0.338 e. The number of esters is 1.